The fraction of sp³-hybridized carbons (Fsp3) is 0.250. The van der Waals surface area contributed by atoms with Crippen LogP contribution in [0.3, 0.4) is 0 Å². The van der Waals surface area contributed by atoms with Gasteiger partial charge in [-0.2, -0.15) is 79.0 Å². The molecule has 0 aromatic heterocycles. The van der Waals surface area contributed by atoms with E-state index < -0.39 is 123 Å². The van der Waals surface area contributed by atoms with E-state index in [1.165, 1.54) is 0 Å². The average molecular weight is 700 g/mol. The van der Waals surface area contributed by atoms with Gasteiger partial charge in [-0.05, 0) is 18.2 Å². The summed E-state index contributed by atoms with van der Waals surface area (Å²) in [6.45, 7) is 0. The fourth-order valence-corrected chi connectivity index (χ4v) is 3.98. The Hall–Kier alpha value is -4.40. The van der Waals surface area contributed by atoms with Gasteiger partial charge in [-0.3, -0.25) is 0 Å². The first-order valence-corrected chi connectivity index (χ1v) is 11.3. The molecule has 0 fully saturated rings. The number of hydrogen-bond acceptors (Lipinski definition) is 4. The lowest BCUT2D eigenvalue weighted by molar-refractivity contribution is -0.163. The van der Waals surface area contributed by atoms with Gasteiger partial charge in [-0.1, -0.05) is 0 Å². The topological polar surface area (TPSA) is 70.5 Å². The maximum atomic E-state index is 13.8. The zero-order chi connectivity index (χ0) is 35.6. The summed E-state index contributed by atoms with van der Waals surface area (Å²) < 4.78 is 252. The summed E-state index contributed by atoms with van der Waals surface area (Å²) in [7, 11) is 0. The highest BCUT2D eigenvalue weighted by molar-refractivity contribution is 5.61. The molecule has 46 heavy (non-hydrogen) atoms. The van der Waals surface area contributed by atoms with Crippen molar-refractivity contribution < 1.29 is 88.5 Å². The molecule has 3 rings (SSSR count). The largest absolute Gasteiger partial charge is 0.457 e. The molecule has 3 aromatic carbocycles. The maximum Gasteiger partial charge on any atom is 0.420 e. The summed E-state index contributed by atoms with van der Waals surface area (Å²) in [6.07, 6.45) is -35.4. The van der Waals surface area contributed by atoms with Crippen molar-refractivity contribution >= 4 is 11.4 Å². The number of halogens is 18. The summed E-state index contributed by atoms with van der Waals surface area (Å²) in [5.41, 5.74) is -9.15. The average Bonchev–Trinajstić information content (AvgIpc) is 2.78. The zero-order valence-corrected chi connectivity index (χ0v) is 21.2. The standard InChI is InChI=1S/C24H10F18N2O2/c25-19(26,27)10-1-7(4-13(43)16(10)22(34,35)36)45-9-3-12(21(31,32)33)18(24(40,41)42)15(6-9)46-8-2-11(20(28,29)30)17(14(44)5-8)23(37,38)39/h1-6H,43-44H2. The van der Waals surface area contributed by atoms with E-state index in [-0.39, 0.29) is 18.2 Å². The maximum absolute atomic E-state index is 13.8. The lowest BCUT2D eigenvalue weighted by Gasteiger charge is -2.23. The molecule has 0 radical (unpaired) electrons. The molecule has 4 nitrogen and oxygen atoms in total. The monoisotopic (exact) mass is 700 g/mol. The Labute approximate surface area is 242 Å². The first kappa shape index (κ1) is 36.1. The number of hydrogen-bond donors (Lipinski definition) is 2. The van der Waals surface area contributed by atoms with E-state index in [0.717, 1.165) is 0 Å². The molecular weight excluding hydrogens is 690 g/mol. The van der Waals surface area contributed by atoms with Gasteiger partial charge in [-0.25, -0.2) is 0 Å². The molecule has 0 aliphatic carbocycles. The second-order valence-electron chi connectivity index (χ2n) is 8.90. The van der Waals surface area contributed by atoms with E-state index in [1.807, 2.05) is 0 Å². The van der Waals surface area contributed by atoms with Gasteiger partial charge < -0.3 is 20.9 Å². The highest BCUT2D eigenvalue weighted by atomic mass is 19.4. The summed E-state index contributed by atoms with van der Waals surface area (Å²) in [4.78, 5) is 0. The predicted octanol–water partition coefficient (Wildman–Crippen LogP) is 10.5. The van der Waals surface area contributed by atoms with Gasteiger partial charge in [0, 0.05) is 29.6 Å². The van der Waals surface area contributed by atoms with Crippen molar-refractivity contribution in [2.24, 2.45) is 0 Å². The second-order valence-corrected chi connectivity index (χ2v) is 8.90. The molecule has 0 saturated carbocycles. The number of ether oxygens (including phenoxy) is 2. The molecule has 0 spiro atoms. The molecule has 0 unspecified atom stereocenters. The molecule has 4 N–H and O–H groups in total. The van der Waals surface area contributed by atoms with Crippen LogP contribution in [0.2, 0.25) is 0 Å². The number of rotatable bonds is 4. The van der Waals surface area contributed by atoms with Gasteiger partial charge in [0.15, 0.2) is 0 Å². The Kier molecular flexibility index (Phi) is 8.74. The van der Waals surface area contributed by atoms with Crippen LogP contribution in [0.15, 0.2) is 36.4 Å². The molecule has 0 saturated heterocycles. The van der Waals surface area contributed by atoms with Gasteiger partial charge in [0.2, 0.25) is 0 Å². The number of anilines is 2. The van der Waals surface area contributed by atoms with E-state index in [2.05, 4.69) is 9.47 Å². The van der Waals surface area contributed by atoms with Crippen molar-refractivity contribution in [1.82, 2.24) is 0 Å². The fourth-order valence-electron chi connectivity index (χ4n) is 3.98. The highest BCUT2D eigenvalue weighted by Gasteiger charge is 2.49. The van der Waals surface area contributed by atoms with Crippen molar-refractivity contribution in [1.29, 1.82) is 0 Å². The van der Waals surface area contributed by atoms with Crippen LogP contribution >= 0.6 is 0 Å². The van der Waals surface area contributed by atoms with E-state index in [1.54, 1.807) is 0 Å². The minimum atomic E-state index is -6.09. The van der Waals surface area contributed by atoms with Crippen molar-refractivity contribution in [2.45, 2.75) is 37.1 Å². The van der Waals surface area contributed by atoms with E-state index >= 15 is 0 Å². The van der Waals surface area contributed by atoms with Crippen LogP contribution in [-0.2, 0) is 37.1 Å². The summed E-state index contributed by atoms with van der Waals surface area (Å²) in [5, 5.41) is 0. The Morgan fingerprint density at radius 1 is 0.348 bits per heavy atom. The quantitative estimate of drug-likeness (QED) is 0.210. The Balaban J connectivity index is 2.33. The number of alkyl halides is 18. The minimum absolute atomic E-state index is 0.00962. The normalized spacial score (nSPS) is 13.6. The zero-order valence-electron chi connectivity index (χ0n) is 21.2. The van der Waals surface area contributed by atoms with Gasteiger partial charge in [-0.15, -0.1) is 0 Å². The molecule has 0 amide bonds. The Morgan fingerprint density at radius 3 is 0.935 bits per heavy atom. The lowest BCUT2D eigenvalue weighted by atomic mass is 10.0. The van der Waals surface area contributed by atoms with Crippen molar-refractivity contribution in [2.75, 3.05) is 11.5 Å². The SMILES string of the molecule is Nc1cc(Oc2cc(Oc3cc(N)c(C(F)(F)F)c(C(F)(F)F)c3)c(C(F)(F)F)c(C(F)(F)F)c2)cc(C(F)(F)F)c1C(F)(F)F. The smallest absolute Gasteiger partial charge is 0.420 e. The molecule has 0 aliphatic rings. The molecular formula is C24H10F18N2O2. The van der Waals surface area contributed by atoms with Gasteiger partial charge in [0.05, 0.1) is 27.8 Å². The molecule has 0 atom stereocenters. The van der Waals surface area contributed by atoms with E-state index in [4.69, 9.17) is 11.5 Å². The molecule has 22 heteroatoms. The molecule has 3 aromatic rings. The van der Waals surface area contributed by atoms with Crippen LogP contribution in [0.25, 0.3) is 0 Å². The number of benzene rings is 3. The van der Waals surface area contributed by atoms with E-state index in [0.29, 0.717) is 0 Å². The Morgan fingerprint density at radius 2 is 0.630 bits per heavy atom. The molecule has 254 valence electrons. The number of nitrogens with two attached hydrogens (primary N) is 2. The second kappa shape index (κ2) is 11.1. The Bertz CT molecular complexity index is 1630. The molecule has 0 heterocycles. The van der Waals surface area contributed by atoms with Gasteiger partial charge in [0.25, 0.3) is 0 Å². The summed E-state index contributed by atoms with van der Waals surface area (Å²) >= 11 is 0. The van der Waals surface area contributed by atoms with Gasteiger partial charge in [0.1, 0.15) is 28.6 Å². The van der Waals surface area contributed by atoms with Crippen LogP contribution in [0.5, 0.6) is 23.0 Å². The summed E-state index contributed by atoms with van der Waals surface area (Å²) in [5.74, 6) is -6.74. The lowest BCUT2D eigenvalue weighted by Crippen LogP contribution is -2.20. The number of nitrogen functional groups attached to an aromatic ring is 2. The first-order valence-electron chi connectivity index (χ1n) is 11.3. The predicted molar refractivity (Wildman–Crippen MR) is 118 cm³/mol. The van der Waals surface area contributed by atoms with E-state index in [9.17, 15) is 79.0 Å². The van der Waals surface area contributed by atoms with Crippen LogP contribution < -0.4 is 20.9 Å². The van der Waals surface area contributed by atoms with Crippen LogP contribution in [0, 0.1) is 0 Å². The third-order valence-electron chi connectivity index (χ3n) is 5.59. The first-order chi connectivity index (χ1) is 20.4. The van der Waals surface area contributed by atoms with Crippen molar-refractivity contribution in [3.63, 3.8) is 0 Å². The summed E-state index contributed by atoms with van der Waals surface area (Å²) in [6, 6.07) is -1.77. The van der Waals surface area contributed by atoms with Crippen molar-refractivity contribution in [3.8, 4) is 23.0 Å². The van der Waals surface area contributed by atoms with Gasteiger partial charge >= 0.3 is 37.1 Å². The van der Waals surface area contributed by atoms with Crippen molar-refractivity contribution in [3.05, 3.63) is 69.8 Å². The highest BCUT2D eigenvalue weighted by Crippen LogP contribution is 2.51. The molecule has 0 bridgehead atoms. The molecule has 0 aliphatic heterocycles. The van der Waals surface area contributed by atoms with Crippen LogP contribution in [-0.4, -0.2) is 0 Å². The minimum Gasteiger partial charge on any atom is -0.457 e. The third kappa shape index (κ3) is 7.69. The third-order valence-corrected chi connectivity index (χ3v) is 5.59. The van der Waals surface area contributed by atoms with Crippen LogP contribution in [0.1, 0.15) is 33.4 Å². The van der Waals surface area contributed by atoms with Crippen LogP contribution in [0.4, 0.5) is 90.4 Å².